The zero-order chi connectivity index (χ0) is 20.3. The molecule has 1 aliphatic heterocycles. The lowest BCUT2D eigenvalue weighted by molar-refractivity contribution is 0.0940. The summed E-state index contributed by atoms with van der Waals surface area (Å²) in [6.07, 6.45) is 3.58. The minimum atomic E-state index is -0.115. The monoisotopic (exact) mass is 435 g/mol. The number of rotatable bonds is 6. The maximum Gasteiger partial charge on any atom is 0.269 e. The lowest BCUT2D eigenvalue weighted by atomic mass is 10.0. The molecule has 0 aliphatic carbocycles. The summed E-state index contributed by atoms with van der Waals surface area (Å²) in [5.41, 5.74) is 4.82. The third-order valence-corrected chi connectivity index (χ3v) is 7.13. The standard InChI is InChI=1S/C23H21N3O2S2/c27-22(25-13-16-5-8-28-14-16)20-12-18(21-19(26-20)6-9-29-21)11-15-1-3-17(4-2-15)23-24-7-10-30-23/h1-4,6-7,9-10,12,16H,5,8,11,13-14H2,(H,25,27). The Morgan fingerprint density at radius 2 is 2.07 bits per heavy atom. The molecule has 152 valence electrons. The smallest absolute Gasteiger partial charge is 0.269 e. The second-order valence-corrected chi connectivity index (χ2v) is 9.26. The molecular weight excluding hydrogens is 414 g/mol. The number of amides is 1. The van der Waals surface area contributed by atoms with E-state index in [1.807, 2.05) is 29.1 Å². The second kappa shape index (κ2) is 8.63. The Kier molecular flexibility index (Phi) is 5.57. The second-order valence-electron chi connectivity index (χ2n) is 7.45. The average Bonchev–Trinajstić information content (AvgIpc) is 3.55. The third kappa shape index (κ3) is 4.14. The molecule has 3 aromatic heterocycles. The Morgan fingerprint density at radius 3 is 2.83 bits per heavy atom. The molecule has 1 atom stereocenters. The Morgan fingerprint density at radius 1 is 1.17 bits per heavy atom. The number of nitrogens with zero attached hydrogens (tertiary/aromatic N) is 2. The number of carbonyl (C=O) groups excluding carboxylic acids is 1. The lowest BCUT2D eigenvalue weighted by Crippen LogP contribution is -2.30. The predicted octanol–water partition coefficient (Wildman–Crippen LogP) is 4.78. The normalized spacial score (nSPS) is 16.2. The van der Waals surface area contributed by atoms with E-state index in [-0.39, 0.29) is 5.91 Å². The fraction of sp³-hybridized carbons (Fsp3) is 0.261. The first-order chi connectivity index (χ1) is 14.8. The molecule has 1 fully saturated rings. The van der Waals surface area contributed by atoms with Crippen LogP contribution in [0.1, 0.15) is 28.0 Å². The van der Waals surface area contributed by atoms with Crippen LogP contribution in [0.15, 0.2) is 53.4 Å². The van der Waals surface area contributed by atoms with Crippen LogP contribution in [0.4, 0.5) is 0 Å². The fourth-order valence-corrected chi connectivity index (χ4v) is 5.19. The van der Waals surface area contributed by atoms with Crippen molar-refractivity contribution in [2.24, 2.45) is 5.92 Å². The van der Waals surface area contributed by atoms with E-state index in [1.54, 1.807) is 22.7 Å². The van der Waals surface area contributed by atoms with Crippen molar-refractivity contribution in [1.29, 1.82) is 0 Å². The number of thiophene rings is 1. The molecule has 30 heavy (non-hydrogen) atoms. The van der Waals surface area contributed by atoms with Gasteiger partial charge in [-0.05, 0) is 41.5 Å². The maximum absolute atomic E-state index is 12.7. The highest BCUT2D eigenvalue weighted by Gasteiger charge is 2.18. The zero-order valence-corrected chi connectivity index (χ0v) is 18.0. The van der Waals surface area contributed by atoms with Gasteiger partial charge in [0.1, 0.15) is 10.7 Å². The largest absolute Gasteiger partial charge is 0.381 e. The summed E-state index contributed by atoms with van der Waals surface area (Å²) < 4.78 is 6.53. The molecule has 5 rings (SSSR count). The van der Waals surface area contributed by atoms with E-state index >= 15 is 0 Å². The van der Waals surface area contributed by atoms with Gasteiger partial charge in [-0.3, -0.25) is 4.79 Å². The van der Waals surface area contributed by atoms with Gasteiger partial charge in [0.2, 0.25) is 0 Å². The Bertz CT molecular complexity index is 1150. The van der Waals surface area contributed by atoms with Gasteiger partial charge in [0, 0.05) is 36.2 Å². The van der Waals surface area contributed by atoms with Crippen molar-refractivity contribution < 1.29 is 9.53 Å². The van der Waals surface area contributed by atoms with Crippen molar-refractivity contribution in [3.05, 3.63) is 70.2 Å². The molecule has 4 heterocycles. The number of benzene rings is 1. The van der Waals surface area contributed by atoms with Crippen LogP contribution in [-0.2, 0) is 11.2 Å². The van der Waals surface area contributed by atoms with Gasteiger partial charge in [-0.2, -0.15) is 0 Å². The van der Waals surface area contributed by atoms with Gasteiger partial charge in [-0.1, -0.05) is 24.3 Å². The van der Waals surface area contributed by atoms with E-state index < -0.39 is 0 Å². The molecule has 1 unspecified atom stereocenters. The van der Waals surface area contributed by atoms with Gasteiger partial charge in [0.25, 0.3) is 5.91 Å². The van der Waals surface area contributed by atoms with Gasteiger partial charge >= 0.3 is 0 Å². The Labute approximate surface area is 182 Å². The number of pyridine rings is 1. The summed E-state index contributed by atoms with van der Waals surface area (Å²) in [7, 11) is 0. The summed E-state index contributed by atoms with van der Waals surface area (Å²) in [4.78, 5) is 21.7. The van der Waals surface area contributed by atoms with Crippen molar-refractivity contribution in [2.45, 2.75) is 12.8 Å². The topological polar surface area (TPSA) is 64.1 Å². The zero-order valence-electron chi connectivity index (χ0n) is 16.3. The van der Waals surface area contributed by atoms with E-state index in [0.717, 1.165) is 52.4 Å². The van der Waals surface area contributed by atoms with E-state index in [2.05, 4.69) is 39.6 Å². The number of ether oxygens (including phenoxy) is 1. The van der Waals surface area contributed by atoms with E-state index in [0.29, 0.717) is 18.2 Å². The first kappa shape index (κ1) is 19.4. The highest BCUT2D eigenvalue weighted by molar-refractivity contribution is 7.17. The van der Waals surface area contributed by atoms with Gasteiger partial charge in [-0.25, -0.2) is 9.97 Å². The van der Waals surface area contributed by atoms with Crippen LogP contribution in [0.5, 0.6) is 0 Å². The van der Waals surface area contributed by atoms with Crippen LogP contribution < -0.4 is 5.32 Å². The first-order valence-corrected chi connectivity index (χ1v) is 11.7. The molecule has 0 radical (unpaired) electrons. The van der Waals surface area contributed by atoms with Crippen LogP contribution in [0.25, 0.3) is 20.8 Å². The van der Waals surface area contributed by atoms with Crippen LogP contribution in [0.2, 0.25) is 0 Å². The van der Waals surface area contributed by atoms with Crippen LogP contribution in [0, 0.1) is 5.92 Å². The van der Waals surface area contributed by atoms with Crippen molar-refractivity contribution in [2.75, 3.05) is 19.8 Å². The van der Waals surface area contributed by atoms with Crippen LogP contribution >= 0.6 is 22.7 Å². The number of carbonyl (C=O) groups is 1. The summed E-state index contributed by atoms with van der Waals surface area (Å²) in [5, 5.41) is 8.07. The molecule has 0 bridgehead atoms. The molecule has 0 spiro atoms. The number of fused-ring (bicyclic) bond motifs is 1. The number of nitrogens with one attached hydrogen (secondary N) is 1. The van der Waals surface area contributed by atoms with E-state index in [9.17, 15) is 4.79 Å². The van der Waals surface area contributed by atoms with Crippen molar-refractivity contribution in [3.8, 4) is 10.6 Å². The van der Waals surface area contributed by atoms with E-state index in [1.165, 1.54) is 5.56 Å². The number of hydrogen-bond acceptors (Lipinski definition) is 6. The van der Waals surface area contributed by atoms with Gasteiger partial charge < -0.3 is 10.1 Å². The molecule has 5 nitrogen and oxygen atoms in total. The molecule has 1 aromatic carbocycles. The molecule has 1 saturated heterocycles. The quantitative estimate of drug-likeness (QED) is 0.474. The lowest BCUT2D eigenvalue weighted by Gasteiger charge is -2.11. The number of thiazole rings is 1. The first-order valence-electron chi connectivity index (χ1n) is 9.98. The average molecular weight is 436 g/mol. The minimum Gasteiger partial charge on any atom is -0.381 e. The van der Waals surface area contributed by atoms with Crippen LogP contribution in [0.3, 0.4) is 0 Å². The van der Waals surface area contributed by atoms with Gasteiger partial charge in [0.05, 0.1) is 16.8 Å². The predicted molar refractivity (Wildman–Crippen MR) is 121 cm³/mol. The molecule has 0 saturated carbocycles. The van der Waals surface area contributed by atoms with Gasteiger partial charge in [-0.15, -0.1) is 22.7 Å². The van der Waals surface area contributed by atoms with Gasteiger partial charge in [0.15, 0.2) is 0 Å². The highest BCUT2D eigenvalue weighted by atomic mass is 32.1. The number of hydrogen-bond donors (Lipinski definition) is 1. The third-order valence-electron chi connectivity index (χ3n) is 5.32. The molecular formula is C23H21N3O2S2. The summed E-state index contributed by atoms with van der Waals surface area (Å²) >= 11 is 3.31. The summed E-state index contributed by atoms with van der Waals surface area (Å²) in [6, 6.07) is 12.4. The van der Waals surface area contributed by atoms with Crippen molar-refractivity contribution >= 4 is 38.8 Å². The minimum absolute atomic E-state index is 0.115. The van der Waals surface area contributed by atoms with Crippen LogP contribution in [-0.4, -0.2) is 35.6 Å². The molecule has 1 aliphatic rings. The van der Waals surface area contributed by atoms with Crippen molar-refractivity contribution in [3.63, 3.8) is 0 Å². The fourth-order valence-electron chi connectivity index (χ4n) is 3.69. The Hall–Kier alpha value is -2.61. The van der Waals surface area contributed by atoms with Crippen molar-refractivity contribution in [1.82, 2.24) is 15.3 Å². The summed E-state index contributed by atoms with van der Waals surface area (Å²) in [5.74, 6) is 0.282. The molecule has 7 heteroatoms. The molecule has 1 N–H and O–H groups in total. The summed E-state index contributed by atoms with van der Waals surface area (Å²) in [6.45, 7) is 2.14. The molecule has 4 aromatic rings. The highest BCUT2D eigenvalue weighted by Crippen LogP contribution is 2.28. The van der Waals surface area contributed by atoms with E-state index in [4.69, 9.17) is 4.74 Å². The maximum atomic E-state index is 12.7. The Balaban J connectivity index is 1.36. The number of aromatic nitrogens is 2. The molecule has 1 amide bonds. The SMILES string of the molecule is O=C(NCC1CCOC1)c1cc(Cc2ccc(-c3nccs3)cc2)c2sccc2n1.